The molecule has 0 aliphatic rings. The highest BCUT2D eigenvalue weighted by Gasteiger charge is 2.21. The van der Waals surface area contributed by atoms with Gasteiger partial charge < -0.3 is 49.8 Å². The summed E-state index contributed by atoms with van der Waals surface area (Å²) in [7, 11) is 0. The van der Waals surface area contributed by atoms with Crippen molar-refractivity contribution >= 4 is 52.8 Å². The number of carboxylic acid groups (broad SMARTS) is 2. The van der Waals surface area contributed by atoms with Crippen molar-refractivity contribution in [3.8, 4) is 50.8 Å². The highest BCUT2D eigenvalue weighted by molar-refractivity contribution is 6.05. The number of carbonyl (C=O) groups is 6. The lowest BCUT2D eigenvalue weighted by Crippen LogP contribution is -2.13. The Morgan fingerprint density at radius 2 is 0.731 bits per heavy atom. The van der Waals surface area contributed by atoms with E-state index in [1.165, 1.54) is 47.7 Å². The smallest absolute Gasteiger partial charge is 0.335 e. The second kappa shape index (κ2) is 36.4. The number of hydrogen-bond acceptors (Lipinski definition) is 15. The SMILES string of the molecule is CCOC(=O)CCc1ccc(-c2ccc(C)cc2)n1-c1ccc(C(=O)Nc2ccnnc2)cc1C.CCOC(=O)CCc1ccc(-c2ccc(C)cc2)n1-c1ccc(C(=O)O)cc1C.Cc1ccc(-c2ccc(CCC(=O)O)n2-c2ccc(C(=O)Nc3ccnnc3)cc2C)cc1.Nc1ccnnc1. The van der Waals surface area contributed by atoms with Crippen molar-refractivity contribution in [2.75, 3.05) is 29.6 Å². The van der Waals surface area contributed by atoms with E-state index < -0.39 is 11.9 Å². The molecule has 530 valence electrons. The number of aryl methyl sites for hydroxylation is 9. The molecule has 0 saturated heterocycles. The molecular formula is C82H82N12O10. The minimum absolute atomic E-state index is 0.0385. The van der Waals surface area contributed by atoms with E-state index >= 15 is 0 Å². The van der Waals surface area contributed by atoms with Crippen LogP contribution in [0.4, 0.5) is 17.1 Å². The number of nitrogens with zero attached hydrogens (tertiary/aromatic N) is 9. The first kappa shape index (κ1) is 75.2. The van der Waals surface area contributed by atoms with Gasteiger partial charge in [-0.25, -0.2) is 4.79 Å². The van der Waals surface area contributed by atoms with Crippen LogP contribution < -0.4 is 16.4 Å². The summed E-state index contributed by atoms with van der Waals surface area (Å²) in [4.78, 5) is 71.9. The molecule has 22 heteroatoms. The number of nitrogen functional groups attached to an aromatic ring is 1. The van der Waals surface area contributed by atoms with Crippen LogP contribution in [0.2, 0.25) is 0 Å². The molecule has 6 heterocycles. The number of amides is 2. The third-order valence-corrected chi connectivity index (χ3v) is 16.7. The number of anilines is 3. The number of benzene rings is 6. The lowest BCUT2D eigenvalue weighted by molar-refractivity contribution is -0.144. The molecule has 0 atom stereocenters. The highest BCUT2D eigenvalue weighted by Crippen LogP contribution is 2.34. The van der Waals surface area contributed by atoms with Gasteiger partial charge in [-0.1, -0.05) is 89.5 Å². The number of aromatic nitrogens is 9. The maximum Gasteiger partial charge on any atom is 0.335 e. The van der Waals surface area contributed by atoms with Crippen molar-refractivity contribution in [1.82, 2.24) is 44.3 Å². The van der Waals surface area contributed by atoms with E-state index in [-0.39, 0.29) is 42.2 Å². The molecule has 0 aliphatic heterocycles. The summed E-state index contributed by atoms with van der Waals surface area (Å²) in [5.74, 6) is -2.69. The molecule has 22 nitrogen and oxygen atoms in total. The van der Waals surface area contributed by atoms with Crippen LogP contribution in [-0.4, -0.2) is 103 Å². The van der Waals surface area contributed by atoms with Gasteiger partial charge >= 0.3 is 23.9 Å². The zero-order valence-electron chi connectivity index (χ0n) is 59.2. The van der Waals surface area contributed by atoms with Crippen LogP contribution in [0.3, 0.4) is 0 Å². The Kier molecular flexibility index (Phi) is 26.3. The molecule has 6 N–H and O–H groups in total. The number of ether oxygens (including phenoxy) is 2. The standard InChI is InChI=1S/C28H28N4O3.C26H24N4O3.C24H25NO4.C4H5N3/c1-4-35-27(33)14-11-24-10-13-26(21-7-5-19(2)6-8-21)32(24)25-12-9-22(17-20(25)3)28(34)31-23-15-16-29-30-18-23;1-17-3-5-19(6-4-17)24-11-8-22(9-12-25(31)32)30(24)23-10-7-20(15-18(23)2)26(33)29-21-13-14-27-28-16-21;1-4-29-23(26)14-11-20-10-13-22(18-7-5-16(2)6-8-18)25(20)21-12-9-19(24(27)28)15-17(21)3;5-4-1-2-6-7-3-4/h5-10,12-13,15-18H,4,11,14H2,1-3H3,(H,29,31,34);3-8,10-11,13-16H,9,12H2,1-2H3,(H,31,32)(H,27,29,33);5-10,12-13,15H,4,11,14H2,1-3H3,(H,27,28);1-3H,(H2,5,6). The van der Waals surface area contributed by atoms with Crippen LogP contribution in [0.25, 0.3) is 50.8 Å². The predicted molar refractivity (Wildman–Crippen MR) is 401 cm³/mol. The molecule has 0 radical (unpaired) electrons. The van der Waals surface area contributed by atoms with E-state index in [0.29, 0.717) is 67.1 Å². The minimum atomic E-state index is -0.951. The molecule has 0 saturated carbocycles. The summed E-state index contributed by atoms with van der Waals surface area (Å²) >= 11 is 0. The van der Waals surface area contributed by atoms with Crippen LogP contribution in [0.1, 0.15) is 115 Å². The van der Waals surface area contributed by atoms with E-state index in [4.69, 9.17) is 15.2 Å². The molecule has 104 heavy (non-hydrogen) atoms. The van der Waals surface area contributed by atoms with Crippen LogP contribution >= 0.6 is 0 Å². The fourth-order valence-electron chi connectivity index (χ4n) is 11.5. The first-order valence-corrected chi connectivity index (χ1v) is 33.8. The summed E-state index contributed by atoms with van der Waals surface area (Å²) < 4.78 is 16.5. The van der Waals surface area contributed by atoms with Crippen molar-refractivity contribution < 1.29 is 48.5 Å². The average molecular weight is 1400 g/mol. The van der Waals surface area contributed by atoms with E-state index in [1.54, 1.807) is 55.6 Å². The van der Waals surface area contributed by atoms with Gasteiger partial charge in [0, 0.05) is 45.3 Å². The van der Waals surface area contributed by atoms with Crippen LogP contribution in [0, 0.1) is 41.5 Å². The normalized spacial score (nSPS) is 10.6. The molecule has 0 spiro atoms. The van der Waals surface area contributed by atoms with Gasteiger partial charge in [0.1, 0.15) is 0 Å². The van der Waals surface area contributed by atoms with Gasteiger partial charge in [-0.05, 0) is 217 Å². The Labute approximate surface area is 603 Å². The Morgan fingerprint density at radius 1 is 0.394 bits per heavy atom. The average Bonchev–Trinajstić information content (AvgIpc) is 1.60. The van der Waals surface area contributed by atoms with E-state index in [1.807, 2.05) is 102 Å². The van der Waals surface area contributed by atoms with Crippen molar-refractivity contribution in [2.24, 2.45) is 0 Å². The molecule has 6 aromatic heterocycles. The maximum atomic E-state index is 12.8. The Morgan fingerprint density at radius 3 is 1.02 bits per heavy atom. The third-order valence-electron chi connectivity index (χ3n) is 16.7. The monoisotopic (exact) mass is 1390 g/mol. The molecule has 0 aliphatic carbocycles. The molecule has 2 amide bonds. The maximum absolute atomic E-state index is 12.8. The van der Waals surface area contributed by atoms with Gasteiger partial charge in [-0.3, -0.25) is 24.0 Å². The van der Waals surface area contributed by atoms with Gasteiger partial charge in [0.25, 0.3) is 11.8 Å². The molecule has 12 aromatic rings. The van der Waals surface area contributed by atoms with Crippen LogP contribution in [-0.2, 0) is 43.1 Å². The van der Waals surface area contributed by atoms with Gasteiger partial charge in [-0.2, -0.15) is 30.6 Å². The first-order chi connectivity index (χ1) is 50.2. The molecule has 0 fully saturated rings. The number of carbonyl (C=O) groups excluding carboxylic acids is 4. The summed E-state index contributed by atoms with van der Waals surface area (Å²) in [5, 5.41) is 46.2. The summed E-state index contributed by atoms with van der Waals surface area (Å²) in [6, 6.07) is 58.3. The first-order valence-electron chi connectivity index (χ1n) is 33.8. The van der Waals surface area contributed by atoms with Gasteiger partial charge in [-0.15, -0.1) is 0 Å². The van der Waals surface area contributed by atoms with E-state index in [9.17, 15) is 39.0 Å². The number of nitrogens with one attached hydrogen (secondary N) is 2. The zero-order chi connectivity index (χ0) is 74.2. The molecule has 12 rings (SSSR count). The van der Waals surface area contributed by atoms with Crippen molar-refractivity contribution in [3.05, 3.63) is 286 Å². The largest absolute Gasteiger partial charge is 0.481 e. The summed E-state index contributed by atoms with van der Waals surface area (Å²) in [6.07, 6.45) is 11.2. The van der Waals surface area contributed by atoms with Crippen molar-refractivity contribution in [1.29, 1.82) is 0 Å². The van der Waals surface area contributed by atoms with Crippen molar-refractivity contribution in [2.45, 2.75) is 93.9 Å². The molecule has 0 unspecified atom stereocenters. The Balaban J connectivity index is 0.000000173. The lowest BCUT2D eigenvalue weighted by Gasteiger charge is -2.17. The van der Waals surface area contributed by atoms with Gasteiger partial charge in [0.2, 0.25) is 0 Å². The fourth-order valence-corrected chi connectivity index (χ4v) is 11.5. The van der Waals surface area contributed by atoms with Crippen molar-refractivity contribution in [3.63, 3.8) is 0 Å². The number of hydrogen-bond donors (Lipinski definition) is 5. The number of carboxylic acids is 2. The van der Waals surface area contributed by atoms with E-state index in [2.05, 4.69) is 141 Å². The number of rotatable bonds is 22. The van der Waals surface area contributed by atoms with E-state index in [0.717, 1.165) is 84.6 Å². The number of aliphatic carboxylic acids is 1. The summed E-state index contributed by atoms with van der Waals surface area (Å²) in [5.41, 5.74) is 26.4. The second-order valence-corrected chi connectivity index (χ2v) is 24.4. The molecular weight excluding hydrogens is 1310 g/mol. The molecule has 6 aromatic carbocycles. The predicted octanol–water partition coefficient (Wildman–Crippen LogP) is 15.1. The molecule has 0 bridgehead atoms. The van der Waals surface area contributed by atoms with Crippen LogP contribution in [0.15, 0.2) is 219 Å². The van der Waals surface area contributed by atoms with Gasteiger partial charge in [0.05, 0.1) is 109 Å². The Hall–Kier alpha value is -13.0. The van der Waals surface area contributed by atoms with Crippen LogP contribution in [0.5, 0.6) is 0 Å². The number of esters is 2. The summed E-state index contributed by atoms with van der Waals surface area (Å²) in [6.45, 7) is 16.3. The second-order valence-electron chi connectivity index (χ2n) is 24.4. The highest BCUT2D eigenvalue weighted by atomic mass is 16.5. The number of nitrogens with two attached hydrogens (primary N) is 1. The third kappa shape index (κ3) is 20.4. The lowest BCUT2D eigenvalue weighted by atomic mass is 10.1. The number of aromatic carboxylic acids is 1. The van der Waals surface area contributed by atoms with Gasteiger partial charge in [0.15, 0.2) is 0 Å². The topological polar surface area (TPSA) is 304 Å². The fraction of sp³-hybridized carbons (Fsp3) is 0.195. The zero-order valence-corrected chi connectivity index (χ0v) is 59.2. The quantitative estimate of drug-likeness (QED) is 0.0394. The Bertz CT molecular complexity index is 4920. The minimum Gasteiger partial charge on any atom is -0.481 e.